The maximum atomic E-state index is 9.52. The van der Waals surface area contributed by atoms with Gasteiger partial charge in [-0.1, -0.05) is 157 Å². The number of hydrogen-bond acceptors (Lipinski definition) is 1. The van der Waals surface area contributed by atoms with Crippen molar-refractivity contribution >= 4 is 75.8 Å². The summed E-state index contributed by atoms with van der Waals surface area (Å²) >= 11 is 0. The van der Waals surface area contributed by atoms with Crippen molar-refractivity contribution in [2.75, 3.05) is 0 Å². The van der Waals surface area contributed by atoms with E-state index in [-0.39, 0.29) is 32.7 Å². The first-order valence-corrected chi connectivity index (χ1v) is 16.4. The Bertz CT molecular complexity index is 3980. The van der Waals surface area contributed by atoms with Gasteiger partial charge < -0.3 is 4.42 Å². The molecule has 0 saturated carbocycles. The average Bonchev–Trinajstić information content (AvgIpc) is 3.71. The molecule has 0 spiro atoms. The predicted octanol–water partition coefficient (Wildman–Crippen LogP) is 14.4. The Morgan fingerprint density at radius 1 is 0.373 bits per heavy atom. The lowest BCUT2D eigenvalue weighted by Crippen LogP contribution is -1.92. The molecule has 236 valence electrons. The minimum absolute atomic E-state index is 0.0418. The van der Waals surface area contributed by atoms with Crippen LogP contribution in [-0.4, -0.2) is 0 Å². The summed E-state index contributed by atoms with van der Waals surface area (Å²) in [6.07, 6.45) is 0. The summed E-state index contributed by atoms with van der Waals surface area (Å²) in [6.45, 7) is 0. The third-order valence-electron chi connectivity index (χ3n) is 9.74. The van der Waals surface area contributed by atoms with E-state index in [1.165, 1.54) is 0 Å². The molecule has 11 aromatic rings. The standard InChI is InChI=1S/C50H30O/c1-2-13-33-29-35(24-23-31(33)11-1)48-41-15-5-7-17-43(41)49(44-18-8-6-16-42(44)48)40-22-10-20-38-36(19-9-21-39(38)40)34-26-27-46-45(30-34)50-37-14-4-3-12-32(37)25-28-47(50)51-46/h1-30H/i1D,2D,5D,6D,7D,8D,11D,13D,15D,16D,17D,18D,23D,24D,29D. The molecule has 0 aliphatic rings. The van der Waals surface area contributed by atoms with Crippen LogP contribution in [0.1, 0.15) is 20.6 Å². The molecule has 0 amide bonds. The lowest BCUT2D eigenvalue weighted by Gasteiger charge is -2.19. The molecule has 0 aliphatic heterocycles. The second-order valence-electron chi connectivity index (χ2n) is 12.4. The van der Waals surface area contributed by atoms with Gasteiger partial charge in [0.15, 0.2) is 0 Å². The monoisotopic (exact) mass is 661 g/mol. The summed E-state index contributed by atoms with van der Waals surface area (Å²) in [5.74, 6) is 0. The van der Waals surface area contributed by atoms with Crippen LogP contribution in [-0.2, 0) is 0 Å². The Kier molecular flexibility index (Phi) is 3.70. The second kappa shape index (κ2) is 10.9. The van der Waals surface area contributed by atoms with Gasteiger partial charge in [0.2, 0.25) is 0 Å². The van der Waals surface area contributed by atoms with Crippen LogP contribution in [0, 0.1) is 0 Å². The molecule has 0 aliphatic carbocycles. The van der Waals surface area contributed by atoms with Gasteiger partial charge in [0, 0.05) is 10.8 Å². The molecule has 0 N–H and O–H groups in total. The molecule has 10 aromatic carbocycles. The van der Waals surface area contributed by atoms with E-state index < -0.39 is 107 Å². The van der Waals surface area contributed by atoms with Crippen LogP contribution in [0.2, 0.25) is 0 Å². The molecule has 0 radical (unpaired) electrons. The van der Waals surface area contributed by atoms with E-state index in [2.05, 4.69) is 12.1 Å². The topological polar surface area (TPSA) is 13.1 Å². The minimum atomic E-state index is -0.738. The minimum Gasteiger partial charge on any atom is -0.456 e. The first-order chi connectivity index (χ1) is 31.5. The number of hydrogen-bond donors (Lipinski definition) is 0. The normalized spacial score (nSPS) is 16.0. The summed E-state index contributed by atoms with van der Waals surface area (Å²) < 4.78 is 142. The zero-order valence-corrected chi connectivity index (χ0v) is 26.6. The number of benzene rings is 10. The molecule has 0 atom stereocenters. The van der Waals surface area contributed by atoms with Gasteiger partial charge in [-0.25, -0.2) is 0 Å². The maximum absolute atomic E-state index is 9.52. The largest absolute Gasteiger partial charge is 0.456 e. The molecule has 0 unspecified atom stereocenters. The quantitative estimate of drug-likeness (QED) is 0.172. The molecular formula is C50H30O. The highest BCUT2D eigenvalue weighted by atomic mass is 16.3. The van der Waals surface area contributed by atoms with Crippen molar-refractivity contribution in [2.24, 2.45) is 0 Å². The lowest BCUT2D eigenvalue weighted by molar-refractivity contribution is 0.669. The zero-order chi connectivity index (χ0) is 46.5. The summed E-state index contributed by atoms with van der Waals surface area (Å²) in [6, 6.07) is 18.9. The van der Waals surface area contributed by atoms with Gasteiger partial charge >= 0.3 is 0 Å². The Hall–Kier alpha value is -6.70. The highest BCUT2D eigenvalue weighted by molar-refractivity contribution is 6.25. The number of rotatable bonds is 3. The molecule has 1 heterocycles. The van der Waals surface area contributed by atoms with Gasteiger partial charge in [0.1, 0.15) is 11.2 Å². The van der Waals surface area contributed by atoms with E-state index in [0.717, 1.165) is 38.3 Å². The van der Waals surface area contributed by atoms with Crippen molar-refractivity contribution in [1.82, 2.24) is 0 Å². The van der Waals surface area contributed by atoms with Crippen LogP contribution in [0.3, 0.4) is 0 Å². The molecule has 0 saturated heterocycles. The summed E-state index contributed by atoms with van der Waals surface area (Å²) in [7, 11) is 0. The van der Waals surface area contributed by atoms with Crippen molar-refractivity contribution < 1.29 is 25.0 Å². The fraction of sp³-hybridized carbons (Fsp3) is 0. The molecule has 1 nitrogen and oxygen atoms in total. The Morgan fingerprint density at radius 2 is 1.00 bits per heavy atom. The lowest BCUT2D eigenvalue weighted by atomic mass is 9.84. The summed E-state index contributed by atoms with van der Waals surface area (Å²) in [5, 5.41) is 3.45. The molecule has 11 rings (SSSR count). The van der Waals surface area contributed by atoms with Crippen LogP contribution >= 0.6 is 0 Å². The fourth-order valence-electron chi connectivity index (χ4n) is 7.55. The molecule has 1 aromatic heterocycles. The first-order valence-electron chi connectivity index (χ1n) is 23.9. The molecule has 0 fully saturated rings. The van der Waals surface area contributed by atoms with Crippen LogP contribution < -0.4 is 0 Å². The van der Waals surface area contributed by atoms with Crippen molar-refractivity contribution in [1.29, 1.82) is 0 Å². The summed E-state index contributed by atoms with van der Waals surface area (Å²) in [5.41, 5.74) is 2.60. The van der Waals surface area contributed by atoms with E-state index >= 15 is 0 Å². The van der Waals surface area contributed by atoms with E-state index in [0.29, 0.717) is 21.9 Å². The molecule has 1 heteroatoms. The smallest absolute Gasteiger partial charge is 0.136 e. The average molecular weight is 662 g/mol. The Morgan fingerprint density at radius 3 is 1.78 bits per heavy atom. The highest BCUT2D eigenvalue weighted by Crippen LogP contribution is 2.47. The van der Waals surface area contributed by atoms with Crippen molar-refractivity contribution in [3.05, 3.63) is 182 Å². The Labute approximate surface area is 315 Å². The van der Waals surface area contributed by atoms with Crippen LogP contribution in [0.15, 0.2) is 186 Å². The van der Waals surface area contributed by atoms with Gasteiger partial charge in [-0.05, 0) is 111 Å². The molecule has 0 bridgehead atoms. The van der Waals surface area contributed by atoms with Gasteiger partial charge in [0.25, 0.3) is 0 Å². The third-order valence-corrected chi connectivity index (χ3v) is 9.74. The van der Waals surface area contributed by atoms with Gasteiger partial charge in [-0.15, -0.1) is 0 Å². The van der Waals surface area contributed by atoms with Crippen LogP contribution in [0.25, 0.3) is 109 Å². The highest BCUT2D eigenvalue weighted by Gasteiger charge is 2.19. The van der Waals surface area contributed by atoms with E-state index in [1.807, 2.05) is 66.7 Å². The van der Waals surface area contributed by atoms with Crippen molar-refractivity contribution in [2.45, 2.75) is 0 Å². The van der Waals surface area contributed by atoms with Crippen molar-refractivity contribution in [3.63, 3.8) is 0 Å². The van der Waals surface area contributed by atoms with E-state index in [1.54, 1.807) is 12.1 Å². The predicted molar refractivity (Wildman–Crippen MR) is 218 cm³/mol. The zero-order valence-electron chi connectivity index (χ0n) is 41.6. The third kappa shape index (κ3) is 4.22. The van der Waals surface area contributed by atoms with E-state index in [4.69, 9.17) is 16.8 Å². The molecular weight excluding hydrogens is 617 g/mol. The SMILES string of the molecule is [2H]c1c([2H])c([2H])c2c([2H])c(-c3c4c([2H])c([2H])c([2H])c([2H])c4c(-c4cccc5c(-c6ccc7oc8ccc9ccccc9c8c7c6)cccc45)c4c([2H])c([2H])c([2H])c([2H])c34)c([2H])c([2H])c2c1[2H]. The maximum Gasteiger partial charge on any atom is 0.136 e. The first kappa shape index (κ1) is 17.3. The van der Waals surface area contributed by atoms with Crippen LogP contribution in [0.5, 0.6) is 0 Å². The van der Waals surface area contributed by atoms with Gasteiger partial charge in [0.05, 0.1) is 20.6 Å². The van der Waals surface area contributed by atoms with Gasteiger partial charge in [-0.3, -0.25) is 0 Å². The van der Waals surface area contributed by atoms with Crippen molar-refractivity contribution in [3.8, 4) is 33.4 Å². The van der Waals surface area contributed by atoms with Gasteiger partial charge in [-0.2, -0.15) is 0 Å². The Balaban J connectivity index is 1.31. The fourth-order valence-corrected chi connectivity index (χ4v) is 7.55. The molecule has 51 heavy (non-hydrogen) atoms. The number of furan rings is 1. The van der Waals surface area contributed by atoms with E-state index in [9.17, 15) is 8.22 Å². The summed E-state index contributed by atoms with van der Waals surface area (Å²) in [4.78, 5) is 0. The number of fused-ring (bicyclic) bond motifs is 9. The second-order valence-corrected chi connectivity index (χ2v) is 12.4. The van der Waals surface area contributed by atoms with Crippen LogP contribution in [0.4, 0.5) is 0 Å².